The van der Waals surface area contributed by atoms with E-state index < -0.39 is 0 Å². The van der Waals surface area contributed by atoms with Crippen molar-refractivity contribution in [2.24, 2.45) is 7.05 Å². The molecule has 2 fully saturated rings. The molecule has 0 amide bonds. The lowest BCUT2D eigenvalue weighted by molar-refractivity contribution is 0.110. The van der Waals surface area contributed by atoms with E-state index in [2.05, 4.69) is 21.8 Å². The molecule has 1 atom stereocenters. The summed E-state index contributed by atoms with van der Waals surface area (Å²) < 4.78 is 1.79. The highest BCUT2D eigenvalue weighted by Gasteiger charge is 2.28. The molecule has 1 aromatic heterocycles. The molecule has 2 aliphatic rings. The molecule has 0 radical (unpaired) electrons. The van der Waals surface area contributed by atoms with Crippen molar-refractivity contribution in [3.63, 3.8) is 0 Å². The fraction of sp³-hybridized carbons (Fsp3) is 0.800. The van der Waals surface area contributed by atoms with Gasteiger partial charge in [-0.3, -0.25) is 14.5 Å². The van der Waals surface area contributed by atoms with Gasteiger partial charge in [0, 0.05) is 31.7 Å². The summed E-state index contributed by atoms with van der Waals surface area (Å²) in [4.78, 5) is 5.24. The van der Waals surface area contributed by atoms with Crippen LogP contribution in [0.5, 0.6) is 0 Å². The summed E-state index contributed by atoms with van der Waals surface area (Å²) in [7, 11) is 1.92. The van der Waals surface area contributed by atoms with Crippen molar-refractivity contribution in [3.05, 3.63) is 16.4 Å². The van der Waals surface area contributed by atoms with Crippen LogP contribution in [-0.2, 0) is 13.6 Å². The van der Waals surface area contributed by atoms with Crippen LogP contribution < -0.4 is 0 Å². The molecule has 0 aromatic carbocycles. The number of rotatable bonds is 3. The van der Waals surface area contributed by atoms with Crippen LogP contribution in [0.3, 0.4) is 0 Å². The number of likely N-dealkylation sites (tertiary alicyclic amines) is 2. The summed E-state index contributed by atoms with van der Waals surface area (Å²) in [5, 5.41) is 5.22. The summed E-state index contributed by atoms with van der Waals surface area (Å²) in [5.74, 6) is 0. The highest BCUT2D eigenvalue weighted by molar-refractivity contribution is 6.30. The summed E-state index contributed by atoms with van der Waals surface area (Å²) in [5.41, 5.74) is 2.28. The Hall–Kier alpha value is -0.580. The maximum Gasteiger partial charge on any atom is 0.131 e. The number of aryl methyl sites for hydroxylation is 2. The second kappa shape index (κ2) is 6.04. The summed E-state index contributed by atoms with van der Waals surface area (Å²) in [6, 6.07) is 0.752. The minimum absolute atomic E-state index is 0.752. The maximum absolute atomic E-state index is 6.36. The quantitative estimate of drug-likeness (QED) is 0.856. The van der Waals surface area contributed by atoms with E-state index in [4.69, 9.17) is 11.6 Å². The molecule has 4 nitrogen and oxygen atoms in total. The first-order valence-electron chi connectivity index (χ1n) is 7.79. The standard InChI is InChI=1S/C15H25ClN4/c1-12-14(15(16)18(2)17-12)11-19-7-5-6-13(10-19)20-8-3-4-9-20/h13H,3-11H2,1-2H3. The van der Waals surface area contributed by atoms with Gasteiger partial charge in [0.2, 0.25) is 0 Å². The van der Waals surface area contributed by atoms with Crippen molar-refractivity contribution in [1.29, 1.82) is 0 Å². The van der Waals surface area contributed by atoms with E-state index in [1.807, 2.05) is 7.05 Å². The van der Waals surface area contributed by atoms with Crippen LogP contribution >= 0.6 is 11.6 Å². The van der Waals surface area contributed by atoms with Gasteiger partial charge in [0.25, 0.3) is 0 Å². The van der Waals surface area contributed by atoms with Crippen LogP contribution in [0.2, 0.25) is 5.15 Å². The van der Waals surface area contributed by atoms with Crippen molar-refractivity contribution < 1.29 is 0 Å². The number of nitrogens with zero attached hydrogens (tertiary/aromatic N) is 4. The first kappa shape index (κ1) is 14.4. The van der Waals surface area contributed by atoms with Crippen molar-refractivity contribution in [1.82, 2.24) is 19.6 Å². The maximum atomic E-state index is 6.36. The normalized spacial score (nSPS) is 25.4. The van der Waals surface area contributed by atoms with E-state index in [0.29, 0.717) is 0 Å². The first-order chi connectivity index (χ1) is 9.65. The van der Waals surface area contributed by atoms with Crippen LogP contribution in [0.1, 0.15) is 36.9 Å². The van der Waals surface area contributed by atoms with Crippen molar-refractivity contribution in [3.8, 4) is 0 Å². The van der Waals surface area contributed by atoms with E-state index in [1.165, 1.54) is 57.4 Å². The number of piperidine rings is 1. The van der Waals surface area contributed by atoms with Gasteiger partial charge < -0.3 is 0 Å². The Bertz CT molecular complexity index is 465. The fourth-order valence-electron chi connectivity index (χ4n) is 3.66. The minimum atomic E-state index is 0.752. The SMILES string of the molecule is Cc1nn(C)c(Cl)c1CN1CCCC(N2CCCC2)C1. The van der Waals surface area contributed by atoms with Crippen molar-refractivity contribution in [2.45, 2.75) is 45.2 Å². The number of halogens is 1. The summed E-state index contributed by atoms with van der Waals surface area (Å²) >= 11 is 6.36. The largest absolute Gasteiger partial charge is 0.299 e. The van der Waals surface area contributed by atoms with E-state index >= 15 is 0 Å². The van der Waals surface area contributed by atoms with Crippen LogP contribution in [0.25, 0.3) is 0 Å². The monoisotopic (exact) mass is 296 g/mol. The van der Waals surface area contributed by atoms with E-state index in [1.54, 1.807) is 4.68 Å². The average Bonchev–Trinajstić information content (AvgIpc) is 3.05. The lowest BCUT2D eigenvalue weighted by Crippen LogP contribution is -2.46. The third-order valence-electron chi connectivity index (χ3n) is 4.79. The minimum Gasteiger partial charge on any atom is -0.299 e. The van der Waals surface area contributed by atoms with Gasteiger partial charge >= 0.3 is 0 Å². The zero-order valence-electron chi connectivity index (χ0n) is 12.6. The Balaban J connectivity index is 1.65. The molecule has 1 unspecified atom stereocenters. The van der Waals surface area contributed by atoms with Gasteiger partial charge in [-0.2, -0.15) is 5.10 Å². The molecule has 112 valence electrons. The smallest absolute Gasteiger partial charge is 0.131 e. The van der Waals surface area contributed by atoms with E-state index in [0.717, 1.165) is 23.4 Å². The van der Waals surface area contributed by atoms with Gasteiger partial charge in [0.15, 0.2) is 0 Å². The lowest BCUT2D eigenvalue weighted by atomic mass is 10.0. The molecule has 20 heavy (non-hydrogen) atoms. The molecule has 1 aromatic rings. The highest BCUT2D eigenvalue weighted by atomic mass is 35.5. The van der Waals surface area contributed by atoms with Crippen LogP contribution in [0.4, 0.5) is 0 Å². The first-order valence-corrected chi connectivity index (χ1v) is 8.17. The van der Waals surface area contributed by atoms with Gasteiger partial charge in [-0.25, -0.2) is 0 Å². The molecule has 0 aliphatic carbocycles. The molecule has 2 aliphatic heterocycles. The van der Waals surface area contributed by atoms with Crippen LogP contribution in [0, 0.1) is 6.92 Å². The zero-order valence-corrected chi connectivity index (χ0v) is 13.4. The number of hydrogen-bond donors (Lipinski definition) is 0. The molecular weight excluding hydrogens is 272 g/mol. The average molecular weight is 297 g/mol. The Morgan fingerprint density at radius 3 is 2.60 bits per heavy atom. The second-order valence-corrected chi connectivity index (χ2v) is 6.61. The Morgan fingerprint density at radius 1 is 1.20 bits per heavy atom. The molecule has 3 heterocycles. The summed E-state index contributed by atoms with van der Waals surface area (Å²) in [6.45, 7) is 7.97. The number of aromatic nitrogens is 2. The van der Waals surface area contributed by atoms with Crippen molar-refractivity contribution >= 4 is 11.6 Å². The molecule has 0 saturated carbocycles. The lowest BCUT2D eigenvalue weighted by Gasteiger charge is -2.37. The Morgan fingerprint density at radius 2 is 1.95 bits per heavy atom. The van der Waals surface area contributed by atoms with Crippen LogP contribution in [-0.4, -0.2) is 51.8 Å². The molecule has 5 heteroatoms. The third-order valence-corrected chi connectivity index (χ3v) is 5.26. The predicted molar refractivity (Wildman–Crippen MR) is 82.1 cm³/mol. The molecule has 0 spiro atoms. The van der Waals surface area contributed by atoms with E-state index in [9.17, 15) is 0 Å². The third kappa shape index (κ3) is 2.87. The van der Waals surface area contributed by atoms with Gasteiger partial charge in [-0.05, 0) is 52.2 Å². The summed E-state index contributed by atoms with van der Waals surface area (Å²) in [6.07, 6.45) is 5.42. The molecule has 0 bridgehead atoms. The highest BCUT2D eigenvalue weighted by Crippen LogP contribution is 2.25. The van der Waals surface area contributed by atoms with Gasteiger partial charge in [0.1, 0.15) is 5.15 Å². The van der Waals surface area contributed by atoms with Gasteiger partial charge in [0.05, 0.1) is 5.69 Å². The van der Waals surface area contributed by atoms with Crippen LogP contribution in [0.15, 0.2) is 0 Å². The Labute approximate surface area is 126 Å². The molecule has 0 N–H and O–H groups in total. The second-order valence-electron chi connectivity index (χ2n) is 6.25. The molecule has 3 rings (SSSR count). The van der Waals surface area contributed by atoms with E-state index in [-0.39, 0.29) is 0 Å². The zero-order chi connectivity index (χ0) is 14.1. The molecule has 2 saturated heterocycles. The Kier molecular flexibility index (Phi) is 4.34. The predicted octanol–water partition coefficient (Wildman–Crippen LogP) is 2.44. The molecular formula is C15H25ClN4. The van der Waals surface area contributed by atoms with Crippen molar-refractivity contribution in [2.75, 3.05) is 26.2 Å². The van der Waals surface area contributed by atoms with Gasteiger partial charge in [-0.1, -0.05) is 11.6 Å². The number of hydrogen-bond acceptors (Lipinski definition) is 3. The van der Waals surface area contributed by atoms with Gasteiger partial charge in [-0.15, -0.1) is 0 Å². The fourth-order valence-corrected chi connectivity index (χ4v) is 3.89. The topological polar surface area (TPSA) is 24.3 Å².